The average molecular weight is 679 g/mol. The topological polar surface area (TPSA) is 277 Å². The van der Waals surface area contributed by atoms with Crippen LogP contribution in [0, 0.1) is 6.92 Å². The molecule has 9 N–H and O–H groups in total. The van der Waals surface area contributed by atoms with Crippen LogP contribution in [0.2, 0.25) is 0 Å². The number of oxime groups is 1. The van der Waals surface area contributed by atoms with Crippen LogP contribution in [-0.2, 0) is 35.4 Å². The molecule has 0 spiro atoms. The molecule has 0 bridgehead atoms. The summed E-state index contributed by atoms with van der Waals surface area (Å²) in [5.74, 6) is -4.33. The molecule has 20 heteroatoms. The number of nitrogen functional groups attached to an aromatic ring is 2. The number of carbonyl (C=O) groups is 5. The monoisotopic (exact) mass is 678 g/mol. The molecule has 0 saturated carbocycles. The van der Waals surface area contributed by atoms with E-state index in [-0.39, 0.29) is 41.1 Å². The summed E-state index contributed by atoms with van der Waals surface area (Å²) >= 11 is 2.24. The van der Waals surface area contributed by atoms with Crippen molar-refractivity contribution in [2.75, 3.05) is 29.1 Å². The standard InChI is InChI=1S/C26H31N9O9S2/c1-11-30-19(27)13(29-6-4-5-15(36)37)8-34(11)7-12-9-45-22-17(21(39)35(22)18(12)23(40)41)32-20(38)16(14-10-46-25(28)31-14)33-44-26(2,3)24(42)43/h8,10,17,22,27,29H,4-7,9H2,1-3H3,(H6,28,31,32,36,37,38,40,41,42,43)/p+1/b33-16-/t17-,22?/m1/s1. The number of rotatable bonds is 14. The minimum absolute atomic E-state index is 0.00484. The lowest BCUT2D eigenvalue weighted by atomic mass is 10.0. The van der Waals surface area contributed by atoms with Crippen molar-refractivity contribution in [1.82, 2.24) is 20.2 Å². The first-order valence-electron chi connectivity index (χ1n) is 13.6. The lowest BCUT2D eigenvalue weighted by molar-refractivity contribution is -0.697. The summed E-state index contributed by atoms with van der Waals surface area (Å²) in [6.07, 6.45) is 1.96. The highest BCUT2D eigenvalue weighted by Crippen LogP contribution is 2.40. The lowest BCUT2D eigenvalue weighted by Gasteiger charge is -2.49. The second-order valence-electron chi connectivity index (χ2n) is 10.7. The van der Waals surface area contributed by atoms with E-state index in [4.69, 9.17) is 21.4 Å². The molecule has 0 radical (unpaired) electrons. The number of aryl methyl sites for hydroxylation is 1. The third-order valence-electron chi connectivity index (χ3n) is 6.90. The van der Waals surface area contributed by atoms with Gasteiger partial charge in [-0.1, -0.05) is 5.16 Å². The molecule has 4 rings (SSSR count). The Balaban J connectivity index is 1.53. The number of hydrogen-bond acceptors (Lipinski definition) is 14. The first kappa shape index (κ1) is 33.9. The van der Waals surface area contributed by atoms with Crippen LogP contribution in [0.5, 0.6) is 0 Å². The fourth-order valence-corrected chi connectivity index (χ4v) is 6.28. The largest absolute Gasteiger partial charge is 0.481 e. The third-order valence-corrected chi connectivity index (χ3v) is 8.91. The number of carbonyl (C=O) groups excluding carboxylic acids is 2. The fourth-order valence-electron chi connectivity index (χ4n) is 4.39. The van der Waals surface area contributed by atoms with Crippen molar-refractivity contribution in [3.8, 4) is 0 Å². The Morgan fingerprint density at radius 3 is 2.54 bits per heavy atom. The summed E-state index contributed by atoms with van der Waals surface area (Å²) in [6, 6.07) is -1.13. The van der Waals surface area contributed by atoms with Gasteiger partial charge in [0.2, 0.25) is 5.60 Å². The molecule has 0 aromatic carbocycles. The summed E-state index contributed by atoms with van der Waals surface area (Å²) in [5, 5.41) is 38.4. The molecule has 18 nitrogen and oxygen atoms in total. The molecule has 2 aliphatic rings. The Hall–Kier alpha value is -4.98. The zero-order chi connectivity index (χ0) is 33.9. The van der Waals surface area contributed by atoms with Gasteiger partial charge >= 0.3 is 17.9 Å². The normalized spacial score (nSPS) is 18.0. The van der Waals surface area contributed by atoms with Gasteiger partial charge in [-0.3, -0.25) is 19.3 Å². The number of anilines is 3. The smallest absolute Gasteiger partial charge is 0.352 e. The van der Waals surface area contributed by atoms with E-state index in [1.165, 1.54) is 31.0 Å². The predicted octanol–water partition coefficient (Wildman–Crippen LogP) is -0.402. The second kappa shape index (κ2) is 13.6. The molecule has 1 unspecified atom stereocenters. The Morgan fingerprint density at radius 1 is 1.22 bits per heavy atom. The van der Waals surface area contributed by atoms with Crippen LogP contribution in [0.25, 0.3) is 0 Å². The van der Waals surface area contributed by atoms with E-state index in [2.05, 4.69) is 25.8 Å². The van der Waals surface area contributed by atoms with Gasteiger partial charge in [0.1, 0.15) is 41.2 Å². The van der Waals surface area contributed by atoms with Crippen LogP contribution in [0.1, 0.15) is 38.2 Å². The van der Waals surface area contributed by atoms with Crippen LogP contribution in [0.15, 0.2) is 28.0 Å². The van der Waals surface area contributed by atoms with Gasteiger partial charge in [-0.15, -0.1) is 23.1 Å². The number of thioether (sulfide) groups is 1. The molecule has 2 amide bonds. The number of nitrogens with two attached hydrogens (primary N) is 2. The maximum absolute atomic E-state index is 13.3. The number of nitrogens with zero attached hydrogens (tertiary/aromatic N) is 5. The number of aliphatic carboxylic acids is 3. The Bertz CT molecular complexity index is 1660. The van der Waals surface area contributed by atoms with Gasteiger partial charge in [0, 0.05) is 36.6 Å². The van der Waals surface area contributed by atoms with Crippen molar-refractivity contribution in [3.05, 3.63) is 34.4 Å². The lowest BCUT2D eigenvalue weighted by Crippen LogP contribution is -2.71. The van der Waals surface area contributed by atoms with Gasteiger partial charge in [-0.25, -0.2) is 19.1 Å². The minimum Gasteiger partial charge on any atom is -0.481 e. The van der Waals surface area contributed by atoms with Gasteiger partial charge < -0.3 is 42.3 Å². The van der Waals surface area contributed by atoms with E-state index in [9.17, 15) is 34.2 Å². The van der Waals surface area contributed by atoms with Crippen LogP contribution < -0.4 is 26.7 Å². The number of hydrogen-bond donors (Lipinski definition) is 7. The van der Waals surface area contributed by atoms with Crippen LogP contribution >= 0.6 is 23.1 Å². The summed E-state index contributed by atoms with van der Waals surface area (Å²) in [5.41, 5.74) is 10.1. The van der Waals surface area contributed by atoms with E-state index in [0.717, 1.165) is 16.2 Å². The van der Waals surface area contributed by atoms with Crippen LogP contribution in [-0.4, -0.2) is 94.9 Å². The maximum Gasteiger partial charge on any atom is 0.352 e. The summed E-state index contributed by atoms with van der Waals surface area (Å²) < 4.78 is 1.67. The Morgan fingerprint density at radius 2 is 1.93 bits per heavy atom. The molecule has 4 heterocycles. The van der Waals surface area contributed by atoms with E-state index in [0.29, 0.717) is 30.1 Å². The quantitative estimate of drug-likeness (QED) is 0.0440. The zero-order valence-corrected chi connectivity index (χ0v) is 26.5. The van der Waals surface area contributed by atoms with Gasteiger partial charge in [-0.2, -0.15) is 0 Å². The molecule has 2 aromatic heterocycles. The SMILES string of the molecule is Cc1nc(N)c(NCCCC(=O)O)c[n+]1CC1=C(C(=O)O)N2C(=O)[C@@H](NC(=O)/C(=N\OC(C)(C)C(=O)O)c3csc(N)n3)C2SC1. The molecule has 2 aromatic rings. The van der Waals surface area contributed by atoms with Crippen molar-refractivity contribution in [1.29, 1.82) is 0 Å². The van der Waals surface area contributed by atoms with Gasteiger partial charge in [0.25, 0.3) is 23.5 Å². The number of carboxylic acids is 3. The predicted molar refractivity (Wildman–Crippen MR) is 164 cm³/mol. The van der Waals surface area contributed by atoms with E-state index in [1.54, 1.807) is 17.7 Å². The Kier molecular flexibility index (Phi) is 10.00. The number of β-lactam (4-membered cyclic amide) rings is 1. The van der Waals surface area contributed by atoms with Crippen LogP contribution in [0.3, 0.4) is 0 Å². The van der Waals surface area contributed by atoms with E-state index >= 15 is 0 Å². The van der Waals surface area contributed by atoms with Crippen molar-refractivity contribution >= 4 is 75.2 Å². The maximum atomic E-state index is 13.3. The summed E-state index contributed by atoms with van der Waals surface area (Å²) in [7, 11) is 0. The highest BCUT2D eigenvalue weighted by molar-refractivity contribution is 8.00. The van der Waals surface area contributed by atoms with E-state index < -0.39 is 52.5 Å². The summed E-state index contributed by atoms with van der Waals surface area (Å²) in [4.78, 5) is 75.8. The van der Waals surface area contributed by atoms with Gasteiger partial charge in [0.15, 0.2) is 10.8 Å². The minimum atomic E-state index is -1.79. The molecule has 2 aliphatic heterocycles. The highest BCUT2D eigenvalue weighted by Gasteiger charge is 2.54. The number of amides is 2. The fraction of sp³-hybridized carbons (Fsp3) is 0.423. The number of fused-ring (bicyclic) bond motifs is 1. The molecular weight excluding hydrogens is 646 g/mol. The Labute approximate surface area is 269 Å². The number of thiazole rings is 1. The molecule has 46 heavy (non-hydrogen) atoms. The molecule has 2 atom stereocenters. The first-order valence-corrected chi connectivity index (χ1v) is 15.6. The molecule has 246 valence electrons. The van der Waals surface area contributed by atoms with Gasteiger partial charge in [0.05, 0.1) is 0 Å². The highest BCUT2D eigenvalue weighted by atomic mass is 32.2. The first-order chi connectivity index (χ1) is 21.6. The second-order valence-corrected chi connectivity index (χ2v) is 12.7. The third kappa shape index (κ3) is 7.28. The number of carboxylic acid groups (broad SMARTS) is 3. The zero-order valence-electron chi connectivity index (χ0n) is 24.8. The molecule has 1 fully saturated rings. The van der Waals surface area contributed by atoms with Crippen molar-refractivity contribution in [2.24, 2.45) is 5.16 Å². The van der Waals surface area contributed by atoms with Gasteiger partial charge in [-0.05, 0) is 25.3 Å². The van der Waals surface area contributed by atoms with Crippen LogP contribution in [0.4, 0.5) is 16.6 Å². The van der Waals surface area contributed by atoms with Crippen molar-refractivity contribution in [3.63, 3.8) is 0 Å². The van der Waals surface area contributed by atoms with Crippen molar-refractivity contribution in [2.45, 2.75) is 57.2 Å². The molecule has 1 saturated heterocycles. The number of nitrogens with one attached hydrogen (secondary N) is 2. The van der Waals surface area contributed by atoms with E-state index in [1.807, 2.05) is 0 Å². The van der Waals surface area contributed by atoms with Crippen molar-refractivity contribution < 1.29 is 48.7 Å². The molecule has 0 aliphatic carbocycles. The molecular formula is C26H32N9O9S2+. The average Bonchev–Trinajstić information content (AvgIpc) is 3.40. The number of aromatic nitrogens is 3. The summed E-state index contributed by atoms with van der Waals surface area (Å²) in [6.45, 7) is 4.52.